The molecule has 0 amide bonds. The third-order valence-corrected chi connectivity index (χ3v) is 3.79. The smallest absolute Gasteiger partial charge is 0.133 e. The van der Waals surface area contributed by atoms with E-state index in [9.17, 15) is 8.78 Å². The van der Waals surface area contributed by atoms with Crippen LogP contribution in [-0.4, -0.2) is 31.1 Å². The Morgan fingerprint density at radius 2 is 2.00 bits per heavy atom. The Morgan fingerprint density at radius 1 is 1.35 bits per heavy atom. The maximum Gasteiger partial charge on any atom is 0.133 e. The zero-order valence-corrected chi connectivity index (χ0v) is 12.2. The predicted molar refractivity (Wildman–Crippen MR) is 77.7 cm³/mol. The molecule has 1 atom stereocenters. The molecule has 0 bridgehead atoms. The minimum absolute atomic E-state index is 0.190. The molecule has 1 N–H and O–H groups in total. The Bertz CT molecular complexity index is 493. The van der Waals surface area contributed by atoms with Crippen molar-refractivity contribution >= 4 is 0 Å². The summed E-state index contributed by atoms with van der Waals surface area (Å²) in [6, 6.07) is 2.58. The molecule has 0 spiro atoms. The van der Waals surface area contributed by atoms with Crippen LogP contribution >= 0.6 is 0 Å². The highest BCUT2D eigenvalue weighted by Gasteiger charge is 2.28. The van der Waals surface area contributed by atoms with E-state index >= 15 is 0 Å². The van der Waals surface area contributed by atoms with Gasteiger partial charge in [0.15, 0.2) is 0 Å². The standard InChI is InChI=1S/C16H22F2N2/c1-11(2)10-14(20-8-6-19-7-9-20)15-13(17)5-4-12(3)16(15)18/h4-5,14,19H,1,6-10H2,2-3H3/t14-/m1/s1. The first-order chi connectivity index (χ1) is 9.50. The van der Waals surface area contributed by atoms with Gasteiger partial charge in [0, 0.05) is 37.8 Å². The van der Waals surface area contributed by atoms with Crippen LogP contribution < -0.4 is 5.32 Å². The topological polar surface area (TPSA) is 15.3 Å². The number of benzene rings is 1. The quantitative estimate of drug-likeness (QED) is 0.852. The van der Waals surface area contributed by atoms with Crippen molar-refractivity contribution in [1.82, 2.24) is 10.2 Å². The zero-order chi connectivity index (χ0) is 14.7. The average molecular weight is 280 g/mol. The molecule has 0 radical (unpaired) electrons. The second-order valence-corrected chi connectivity index (χ2v) is 5.55. The van der Waals surface area contributed by atoms with Crippen molar-refractivity contribution in [1.29, 1.82) is 0 Å². The van der Waals surface area contributed by atoms with Crippen LogP contribution in [0.3, 0.4) is 0 Å². The Hall–Kier alpha value is -1.26. The van der Waals surface area contributed by atoms with Crippen LogP contribution in [-0.2, 0) is 0 Å². The summed E-state index contributed by atoms with van der Waals surface area (Å²) in [5.41, 5.74) is 1.62. The molecular formula is C16H22F2N2. The van der Waals surface area contributed by atoms with Crippen LogP contribution in [0.25, 0.3) is 0 Å². The molecule has 2 nitrogen and oxygen atoms in total. The van der Waals surface area contributed by atoms with E-state index in [1.807, 2.05) is 6.92 Å². The highest BCUT2D eigenvalue weighted by atomic mass is 19.1. The van der Waals surface area contributed by atoms with Crippen LogP contribution in [0, 0.1) is 18.6 Å². The summed E-state index contributed by atoms with van der Waals surface area (Å²) in [6.45, 7) is 10.8. The first-order valence-corrected chi connectivity index (χ1v) is 7.04. The lowest BCUT2D eigenvalue weighted by atomic mass is 9.95. The Kier molecular flexibility index (Phi) is 4.89. The minimum Gasteiger partial charge on any atom is -0.314 e. The number of nitrogens with one attached hydrogen (secondary N) is 1. The molecule has 1 fully saturated rings. The molecule has 0 aromatic heterocycles. The zero-order valence-electron chi connectivity index (χ0n) is 12.2. The number of nitrogens with zero attached hydrogens (tertiary/aromatic N) is 1. The van der Waals surface area contributed by atoms with Gasteiger partial charge in [-0.2, -0.15) is 0 Å². The van der Waals surface area contributed by atoms with Crippen molar-refractivity contribution in [2.45, 2.75) is 26.3 Å². The number of piperazine rings is 1. The Labute approximate surface area is 119 Å². The van der Waals surface area contributed by atoms with Crippen molar-refractivity contribution in [2.24, 2.45) is 0 Å². The summed E-state index contributed by atoms with van der Waals surface area (Å²) >= 11 is 0. The molecule has 1 aliphatic heterocycles. The summed E-state index contributed by atoms with van der Waals surface area (Å²) in [6.07, 6.45) is 0.581. The van der Waals surface area contributed by atoms with E-state index in [1.165, 1.54) is 12.1 Å². The van der Waals surface area contributed by atoms with Crippen molar-refractivity contribution in [2.75, 3.05) is 26.2 Å². The van der Waals surface area contributed by atoms with Gasteiger partial charge in [-0.25, -0.2) is 8.78 Å². The third-order valence-electron chi connectivity index (χ3n) is 3.79. The lowest BCUT2D eigenvalue weighted by Gasteiger charge is -2.36. The molecule has 1 saturated heterocycles. The number of hydrogen-bond acceptors (Lipinski definition) is 2. The van der Waals surface area contributed by atoms with E-state index in [4.69, 9.17) is 0 Å². The molecule has 1 aromatic carbocycles. The van der Waals surface area contributed by atoms with Crippen LogP contribution in [0.4, 0.5) is 8.78 Å². The maximum absolute atomic E-state index is 14.4. The minimum atomic E-state index is -0.460. The van der Waals surface area contributed by atoms with Gasteiger partial charge in [-0.15, -0.1) is 6.58 Å². The van der Waals surface area contributed by atoms with Crippen LogP contribution in [0.2, 0.25) is 0 Å². The van der Waals surface area contributed by atoms with E-state index < -0.39 is 11.6 Å². The third kappa shape index (κ3) is 3.25. The van der Waals surface area contributed by atoms with Crippen molar-refractivity contribution in [3.8, 4) is 0 Å². The largest absolute Gasteiger partial charge is 0.314 e. The number of hydrogen-bond donors (Lipinski definition) is 1. The van der Waals surface area contributed by atoms with Gasteiger partial charge in [0.25, 0.3) is 0 Å². The second kappa shape index (κ2) is 6.46. The van der Waals surface area contributed by atoms with Crippen LogP contribution in [0.15, 0.2) is 24.3 Å². The summed E-state index contributed by atoms with van der Waals surface area (Å²) < 4.78 is 28.6. The Balaban J connectivity index is 2.40. The fourth-order valence-electron chi connectivity index (χ4n) is 2.72. The number of halogens is 2. The molecule has 1 aromatic rings. The maximum atomic E-state index is 14.4. The molecule has 110 valence electrons. The van der Waals surface area contributed by atoms with E-state index in [1.54, 1.807) is 6.92 Å². The van der Waals surface area contributed by atoms with Gasteiger partial charge < -0.3 is 5.32 Å². The van der Waals surface area contributed by atoms with Crippen molar-refractivity contribution in [3.05, 3.63) is 47.0 Å². The van der Waals surface area contributed by atoms with Gasteiger partial charge >= 0.3 is 0 Å². The molecule has 20 heavy (non-hydrogen) atoms. The molecule has 1 aliphatic rings. The molecule has 4 heteroatoms. The van der Waals surface area contributed by atoms with Crippen LogP contribution in [0.5, 0.6) is 0 Å². The highest BCUT2D eigenvalue weighted by molar-refractivity contribution is 5.30. The molecule has 0 saturated carbocycles. The first-order valence-electron chi connectivity index (χ1n) is 7.04. The molecule has 1 heterocycles. The SMILES string of the molecule is C=C(C)C[C@H](c1c(F)ccc(C)c1F)N1CCNCC1. The van der Waals surface area contributed by atoms with Crippen molar-refractivity contribution < 1.29 is 8.78 Å². The lowest BCUT2D eigenvalue weighted by Crippen LogP contribution is -2.45. The first kappa shape index (κ1) is 15.1. The summed E-state index contributed by atoms with van der Waals surface area (Å²) in [7, 11) is 0. The fraction of sp³-hybridized carbons (Fsp3) is 0.500. The van der Waals surface area contributed by atoms with Crippen molar-refractivity contribution in [3.63, 3.8) is 0 Å². The second-order valence-electron chi connectivity index (χ2n) is 5.55. The summed E-state index contributed by atoms with van der Waals surface area (Å²) in [4.78, 5) is 2.14. The normalized spacial score (nSPS) is 18.0. The molecule has 2 rings (SSSR count). The van der Waals surface area contributed by atoms with E-state index in [-0.39, 0.29) is 11.6 Å². The van der Waals surface area contributed by atoms with Gasteiger partial charge in [0.05, 0.1) is 0 Å². The predicted octanol–water partition coefficient (Wildman–Crippen LogP) is 3.19. The molecular weight excluding hydrogens is 258 g/mol. The molecule has 0 aliphatic carbocycles. The van der Waals surface area contributed by atoms with E-state index in [0.717, 1.165) is 31.8 Å². The lowest BCUT2D eigenvalue weighted by molar-refractivity contribution is 0.165. The monoisotopic (exact) mass is 280 g/mol. The van der Waals surface area contributed by atoms with Gasteiger partial charge in [0.2, 0.25) is 0 Å². The highest BCUT2D eigenvalue weighted by Crippen LogP contribution is 2.32. The van der Waals surface area contributed by atoms with Gasteiger partial charge in [-0.05, 0) is 31.9 Å². The van der Waals surface area contributed by atoms with Gasteiger partial charge in [0.1, 0.15) is 11.6 Å². The van der Waals surface area contributed by atoms with E-state index in [0.29, 0.717) is 12.0 Å². The Morgan fingerprint density at radius 3 is 2.60 bits per heavy atom. The number of rotatable bonds is 4. The summed E-state index contributed by atoms with van der Waals surface area (Å²) in [5.74, 6) is -0.882. The molecule has 0 unspecified atom stereocenters. The average Bonchev–Trinajstić information content (AvgIpc) is 2.43. The fourth-order valence-corrected chi connectivity index (χ4v) is 2.72. The summed E-state index contributed by atoms with van der Waals surface area (Å²) in [5, 5.41) is 3.26. The van der Waals surface area contributed by atoms with Crippen LogP contribution in [0.1, 0.15) is 30.5 Å². The van der Waals surface area contributed by atoms with E-state index in [2.05, 4.69) is 16.8 Å². The number of aryl methyl sites for hydroxylation is 1. The van der Waals surface area contributed by atoms with Gasteiger partial charge in [-0.3, -0.25) is 4.90 Å². The van der Waals surface area contributed by atoms with Gasteiger partial charge in [-0.1, -0.05) is 11.6 Å².